The predicted molar refractivity (Wildman–Crippen MR) is 77.8 cm³/mol. The molecule has 118 valence electrons. The molecule has 1 aromatic carbocycles. The minimum atomic E-state index is -0.899. The summed E-state index contributed by atoms with van der Waals surface area (Å²) in [6.45, 7) is 4.34. The molecule has 0 saturated heterocycles. The van der Waals surface area contributed by atoms with Gasteiger partial charge in [-0.05, 0) is 30.9 Å². The molecule has 0 saturated carbocycles. The molecule has 0 aliphatic rings. The van der Waals surface area contributed by atoms with Gasteiger partial charge in [-0.25, -0.2) is 8.78 Å². The highest BCUT2D eigenvalue weighted by Gasteiger charge is 2.25. The van der Waals surface area contributed by atoms with E-state index in [2.05, 4.69) is 5.32 Å². The molecule has 0 aliphatic heterocycles. The van der Waals surface area contributed by atoms with Crippen LogP contribution in [0.25, 0.3) is 0 Å². The number of carbonyl (C=O) groups is 1. The van der Waals surface area contributed by atoms with E-state index in [1.807, 2.05) is 13.8 Å². The van der Waals surface area contributed by atoms with Crippen molar-refractivity contribution in [2.75, 3.05) is 13.2 Å². The van der Waals surface area contributed by atoms with E-state index >= 15 is 0 Å². The lowest BCUT2D eigenvalue weighted by atomic mass is 9.83. The van der Waals surface area contributed by atoms with Gasteiger partial charge in [-0.2, -0.15) is 0 Å². The Labute approximate surface area is 124 Å². The Kier molecular flexibility index (Phi) is 6.75. The second kappa shape index (κ2) is 8.08. The Morgan fingerprint density at radius 2 is 1.95 bits per heavy atom. The van der Waals surface area contributed by atoms with Crippen LogP contribution >= 0.6 is 0 Å². The minimum Gasteiger partial charge on any atom is -0.396 e. The first-order valence-corrected chi connectivity index (χ1v) is 7.28. The van der Waals surface area contributed by atoms with Crippen LogP contribution in [-0.4, -0.2) is 24.2 Å². The van der Waals surface area contributed by atoms with Crippen LogP contribution in [-0.2, 0) is 11.2 Å². The van der Waals surface area contributed by atoms with Crippen LogP contribution in [0.4, 0.5) is 8.78 Å². The zero-order valence-corrected chi connectivity index (χ0v) is 12.6. The van der Waals surface area contributed by atoms with Gasteiger partial charge in [0.2, 0.25) is 5.91 Å². The molecule has 0 spiro atoms. The average molecular weight is 299 g/mol. The van der Waals surface area contributed by atoms with Gasteiger partial charge in [-0.3, -0.25) is 4.79 Å². The van der Waals surface area contributed by atoms with Gasteiger partial charge in [-0.15, -0.1) is 0 Å². The first-order valence-electron chi connectivity index (χ1n) is 7.28. The van der Waals surface area contributed by atoms with Crippen LogP contribution < -0.4 is 5.32 Å². The smallest absolute Gasteiger partial charge is 0.220 e. The number of amides is 1. The van der Waals surface area contributed by atoms with Gasteiger partial charge >= 0.3 is 0 Å². The zero-order chi connectivity index (χ0) is 15.9. The van der Waals surface area contributed by atoms with Gasteiger partial charge < -0.3 is 10.4 Å². The van der Waals surface area contributed by atoms with E-state index < -0.39 is 11.6 Å². The van der Waals surface area contributed by atoms with Crippen molar-refractivity contribution in [3.05, 3.63) is 35.4 Å². The topological polar surface area (TPSA) is 49.3 Å². The molecule has 0 aromatic heterocycles. The first kappa shape index (κ1) is 17.6. The Morgan fingerprint density at radius 3 is 2.52 bits per heavy atom. The molecular weight excluding hydrogens is 276 g/mol. The molecule has 3 nitrogen and oxygen atoms in total. The number of halogens is 2. The Hall–Kier alpha value is -1.49. The molecule has 0 fully saturated rings. The third-order valence-corrected chi connectivity index (χ3v) is 4.15. The van der Waals surface area contributed by atoms with Crippen LogP contribution in [0.1, 0.15) is 38.7 Å². The third-order valence-electron chi connectivity index (χ3n) is 4.15. The monoisotopic (exact) mass is 299 g/mol. The summed E-state index contributed by atoms with van der Waals surface area (Å²) in [5.74, 6) is -2.01. The average Bonchev–Trinajstić information content (AvgIpc) is 2.50. The maximum absolute atomic E-state index is 13.5. The molecule has 0 radical (unpaired) electrons. The van der Waals surface area contributed by atoms with Crippen molar-refractivity contribution in [1.82, 2.24) is 5.32 Å². The Balaban J connectivity index is 2.49. The molecule has 0 heterocycles. The number of benzene rings is 1. The van der Waals surface area contributed by atoms with Crippen molar-refractivity contribution >= 4 is 5.91 Å². The van der Waals surface area contributed by atoms with E-state index in [0.717, 1.165) is 18.9 Å². The summed E-state index contributed by atoms with van der Waals surface area (Å²) in [4.78, 5) is 11.8. The molecular formula is C16H23F2NO2. The normalized spacial score (nSPS) is 11.5. The summed E-state index contributed by atoms with van der Waals surface area (Å²) in [6, 6.07) is 3.95. The van der Waals surface area contributed by atoms with Crippen LogP contribution in [0.5, 0.6) is 0 Å². The van der Waals surface area contributed by atoms with Crippen molar-refractivity contribution in [1.29, 1.82) is 0 Å². The van der Waals surface area contributed by atoms with Gasteiger partial charge in [0.1, 0.15) is 0 Å². The largest absolute Gasteiger partial charge is 0.396 e. The fourth-order valence-corrected chi connectivity index (χ4v) is 2.14. The lowest BCUT2D eigenvalue weighted by molar-refractivity contribution is -0.121. The summed E-state index contributed by atoms with van der Waals surface area (Å²) >= 11 is 0. The van der Waals surface area contributed by atoms with Crippen molar-refractivity contribution in [2.45, 2.75) is 39.5 Å². The lowest BCUT2D eigenvalue weighted by Crippen LogP contribution is -2.39. The highest BCUT2D eigenvalue weighted by Crippen LogP contribution is 2.24. The van der Waals surface area contributed by atoms with Crippen LogP contribution in [0.3, 0.4) is 0 Å². The van der Waals surface area contributed by atoms with E-state index in [9.17, 15) is 18.7 Å². The van der Waals surface area contributed by atoms with E-state index in [1.165, 1.54) is 12.1 Å². The summed E-state index contributed by atoms with van der Waals surface area (Å²) in [5, 5.41) is 12.2. The second-order valence-electron chi connectivity index (χ2n) is 5.35. The van der Waals surface area contributed by atoms with E-state index in [1.54, 1.807) is 0 Å². The van der Waals surface area contributed by atoms with E-state index in [4.69, 9.17) is 0 Å². The number of nitrogens with one attached hydrogen (secondary N) is 1. The summed E-state index contributed by atoms with van der Waals surface area (Å²) in [6.07, 6.45) is 1.77. The molecule has 5 heteroatoms. The maximum atomic E-state index is 13.5. The fourth-order valence-electron chi connectivity index (χ4n) is 2.14. The molecule has 0 bridgehead atoms. The number of aliphatic hydroxyl groups excluding tert-OH is 1. The van der Waals surface area contributed by atoms with Crippen molar-refractivity contribution < 1.29 is 18.7 Å². The molecule has 21 heavy (non-hydrogen) atoms. The van der Waals surface area contributed by atoms with Crippen molar-refractivity contribution in [3.8, 4) is 0 Å². The van der Waals surface area contributed by atoms with Crippen LogP contribution in [0, 0.1) is 17.0 Å². The van der Waals surface area contributed by atoms with Gasteiger partial charge in [0.15, 0.2) is 11.6 Å². The number of aryl methyl sites for hydroxylation is 1. The van der Waals surface area contributed by atoms with Gasteiger partial charge in [0.25, 0.3) is 0 Å². The summed E-state index contributed by atoms with van der Waals surface area (Å²) in [7, 11) is 0. The number of hydrogen-bond donors (Lipinski definition) is 2. The molecule has 0 unspecified atom stereocenters. The summed E-state index contributed by atoms with van der Waals surface area (Å²) in [5.41, 5.74) is -0.107. The molecule has 0 atom stereocenters. The molecule has 1 aromatic rings. The Bertz CT molecular complexity index is 465. The zero-order valence-electron chi connectivity index (χ0n) is 12.6. The molecule has 0 aliphatic carbocycles. The van der Waals surface area contributed by atoms with E-state index in [-0.39, 0.29) is 36.3 Å². The molecule has 1 amide bonds. The number of hydrogen-bond acceptors (Lipinski definition) is 2. The SMILES string of the molecule is CCC(CC)(CO)CNC(=O)CCc1cccc(F)c1F. The predicted octanol–water partition coefficient (Wildman–Crippen LogP) is 2.81. The van der Waals surface area contributed by atoms with Gasteiger partial charge in [0.05, 0.1) is 6.61 Å². The van der Waals surface area contributed by atoms with Crippen molar-refractivity contribution in [3.63, 3.8) is 0 Å². The van der Waals surface area contributed by atoms with Crippen LogP contribution in [0.15, 0.2) is 18.2 Å². The van der Waals surface area contributed by atoms with Crippen LogP contribution in [0.2, 0.25) is 0 Å². The lowest BCUT2D eigenvalue weighted by Gasteiger charge is -2.29. The summed E-state index contributed by atoms with van der Waals surface area (Å²) < 4.78 is 26.5. The van der Waals surface area contributed by atoms with Crippen molar-refractivity contribution in [2.24, 2.45) is 5.41 Å². The number of rotatable bonds is 8. The third kappa shape index (κ3) is 4.77. The van der Waals surface area contributed by atoms with Gasteiger partial charge in [-0.1, -0.05) is 26.0 Å². The second-order valence-corrected chi connectivity index (χ2v) is 5.35. The number of aliphatic hydroxyl groups is 1. The number of carbonyl (C=O) groups excluding carboxylic acids is 1. The maximum Gasteiger partial charge on any atom is 0.220 e. The highest BCUT2D eigenvalue weighted by molar-refractivity contribution is 5.76. The quantitative estimate of drug-likeness (QED) is 0.775. The van der Waals surface area contributed by atoms with E-state index in [0.29, 0.717) is 6.54 Å². The minimum absolute atomic E-state index is 0.0127. The molecule has 1 rings (SSSR count). The highest BCUT2D eigenvalue weighted by atomic mass is 19.2. The van der Waals surface area contributed by atoms with Gasteiger partial charge in [0, 0.05) is 18.4 Å². The standard InChI is InChI=1S/C16H23F2NO2/c1-3-16(4-2,11-20)10-19-14(21)9-8-12-6-5-7-13(17)15(12)18/h5-7,20H,3-4,8-11H2,1-2H3,(H,19,21). The fraction of sp³-hybridized carbons (Fsp3) is 0.562. The molecule has 2 N–H and O–H groups in total. The first-order chi connectivity index (χ1) is 9.98. The Morgan fingerprint density at radius 1 is 1.29 bits per heavy atom.